The molecule has 2 fully saturated rings. The van der Waals surface area contributed by atoms with Crippen molar-refractivity contribution in [1.82, 2.24) is 9.97 Å². The van der Waals surface area contributed by atoms with Gasteiger partial charge in [0.25, 0.3) is 0 Å². The van der Waals surface area contributed by atoms with Crippen LogP contribution in [-0.4, -0.2) is 59.2 Å². The van der Waals surface area contributed by atoms with Crippen LogP contribution in [0.25, 0.3) is 0 Å². The standard InChI is InChI=1S/C19H27N3O3.2C2H6/c1-19(2,23)8-4-17-20-9-5-18(21-17)22-10-6-14(7-11-22)25-16-12-15(13-16)24-3;2*1-2/h5,9,14-16,23H,6-7,10-13H2,1-3H3;2*1-2H3. The Morgan fingerprint density at radius 1 is 1.07 bits per heavy atom. The predicted molar refractivity (Wildman–Crippen MR) is 118 cm³/mol. The Morgan fingerprint density at radius 2 is 1.69 bits per heavy atom. The fourth-order valence-corrected chi connectivity index (χ4v) is 3.11. The second kappa shape index (κ2) is 12.8. The topological polar surface area (TPSA) is 67.7 Å². The van der Waals surface area contributed by atoms with Crippen LogP contribution in [0.5, 0.6) is 0 Å². The fraction of sp³-hybridized carbons (Fsp3) is 0.739. The summed E-state index contributed by atoms with van der Waals surface area (Å²) in [7, 11) is 1.77. The van der Waals surface area contributed by atoms with Gasteiger partial charge in [-0.1, -0.05) is 33.6 Å². The van der Waals surface area contributed by atoms with Crippen molar-refractivity contribution >= 4 is 5.82 Å². The smallest absolute Gasteiger partial charge is 0.206 e. The van der Waals surface area contributed by atoms with Crippen molar-refractivity contribution in [2.75, 3.05) is 25.1 Å². The maximum atomic E-state index is 9.69. The van der Waals surface area contributed by atoms with Gasteiger partial charge in [0.15, 0.2) is 0 Å². The zero-order chi connectivity index (χ0) is 21.9. The summed E-state index contributed by atoms with van der Waals surface area (Å²) in [5.41, 5.74) is -1.04. The summed E-state index contributed by atoms with van der Waals surface area (Å²) in [6, 6.07) is 1.91. The van der Waals surface area contributed by atoms with Gasteiger partial charge < -0.3 is 19.5 Å². The number of aromatic nitrogens is 2. The minimum Gasteiger partial charge on any atom is -0.381 e. The first-order valence-electron chi connectivity index (χ1n) is 10.9. The molecule has 1 N–H and O–H groups in total. The molecule has 0 atom stereocenters. The Kier molecular flexibility index (Phi) is 11.2. The molecular weight excluding hydrogens is 366 g/mol. The molecule has 1 aromatic rings. The summed E-state index contributed by atoms with van der Waals surface area (Å²) >= 11 is 0. The van der Waals surface area contributed by atoms with Gasteiger partial charge in [-0.15, -0.1) is 0 Å². The molecule has 29 heavy (non-hydrogen) atoms. The summed E-state index contributed by atoms with van der Waals surface area (Å²) in [6.45, 7) is 13.1. The largest absolute Gasteiger partial charge is 0.381 e. The van der Waals surface area contributed by atoms with Gasteiger partial charge in [-0.3, -0.25) is 0 Å². The van der Waals surface area contributed by atoms with E-state index in [1.165, 1.54) is 0 Å². The average molecular weight is 406 g/mol. The highest BCUT2D eigenvalue weighted by Gasteiger charge is 2.33. The molecule has 164 valence electrons. The van der Waals surface area contributed by atoms with E-state index in [4.69, 9.17) is 9.47 Å². The van der Waals surface area contributed by atoms with Crippen LogP contribution in [0.1, 0.15) is 73.1 Å². The van der Waals surface area contributed by atoms with Crippen LogP contribution >= 0.6 is 0 Å². The van der Waals surface area contributed by atoms with Gasteiger partial charge in [-0.2, -0.15) is 0 Å². The molecule has 0 radical (unpaired) electrons. The number of nitrogens with zero attached hydrogens (tertiary/aromatic N) is 3. The second-order valence-electron chi connectivity index (χ2n) is 7.32. The van der Waals surface area contributed by atoms with Gasteiger partial charge in [0.2, 0.25) is 5.82 Å². The molecule has 0 aromatic carbocycles. The van der Waals surface area contributed by atoms with E-state index >= 15 is 0 Å². The van der Waals surface area contributed by atoms with Gasteiger partial charge in [-0.05, 0) is 51.5 Å². The van der Waals surface area contributed by atoms with Crippen LogP contribution in [0.2, 0.25) is 0 Å². The van der Waals surface area contributed by atoms with Gasteiger partial charge >= 0.3 is 0 Å². The highest BCUT2D eigenvalue weighted by Crippen LogP contribution is 2.29. The molecule has 2 heterocycles. The van der Waals surface area contributed by atoms with Crippen LogP contribution < -0.4 is 4.90 Å². The van der Waals surface area contributed by atoms with E-state index in [9.17, 15) is 5.11 Å². The fourth-order valence-electron chi connectivity index (χ4n) is 3.11. The maximum absolute atomic E-state index is 9.69. The van der Waals surface area contributed by atoms with E-state index in [0.717, 1.165) is 44.6 Å². The molecular formula is C23H39N3O3. The monoisotopic (exact) mass is 405 g/mol. The first-order chi connectivity index (χ1) is 13.9. The number of rotatable bonds is 4. The van der Waals surface area contributed by atoms with Crippen molar-refractivity contribution in [2.45, 2.75) is 91.1 Å². The Bertz CT molecular complexity index is 635. The van der Waals surface area contributed by atoms with Gasteiger partial charge in [0.05, 0.1) is 18.3 Å². The normalized spacial score (nSPS) is 21.4. The Balaban J connectivity index is 0.000000989. The molecule has 1 aromatic heterocycles. The summed E-state index contributed by atoms with van der Waals surface area (Å²) in [5, 5.41) is 9.69. The maximum Gasteiger partial charge on any atom is 0.206 e. The van der Waals surface area contributed by atoms with Crippen LogP contribution in [0.15, 0.2) is 12.3 Å². The summed E-state index contributed by atoms with van der Waals surface area (Å²) < 4.78 is 11.5. The minimum absolute atomic E-state index is 0.329. The third-order valence-corrected chi connectivity index (χ3v) is 4.66. The van der Waals surface area contributed by atoms with E-state index < -0.39 is 5.60 Å². The molecule has 1 aliphatic heterocycles. The number of aliphatic hydroxyl groups is 1. The van der Waals surface area contributed by atoms with E-state index in [2.05, 4.69) is 26.7 Å². The van der Waals surface area contributed by atoms with Crippen molar-refractivity contribution in [3.05, 3.63) is 18.1 Å². The van der Waals surface area contributed by atoms with E-state index in [1.807, 2.05) is 33.8 Å². The summed E-state index contributed by atoms with van der Waals surface area (Å²) in [5.74, 6) is 6.92. The molecule has 6 nitrogen and oxygen atoms in total. The van der Waals surface area contributed by atoms with Crippen LogP contribution in [0.4, 0.5) is 5.82 Å². The van der Waals surface area contributed by atoms with Gasteiger partial charge in [-0.25, -0.2) is 9.97 Å². The first-order valence-corrected chi connectivity index (χ1v) is 10.9. The molecule has 3 rings (SSSR count). The zero-order valence-electron chi connectivity index (χ0n) is 19.2. The number of ether oxygens (including phenoxy) is 2. The Morgan fingerprint density at radius 3 is 2.24 bits per heavy atom. The lowest BCUT2D eigenvalue weighted by atomic mass is 9.91. The number of hydrogen-bond acceptors (Lipinski definition) is 6. The Labute approximate surface area is 177 Å². The van der Waals surface area contributed by atoms with Gasteiger partial charge in [0, 0.05) is 26.4 Å². The number of methoxy groups -OCH3 is 1. The third kappa shape index (κ3) is 8.69. The van der Waals surface area contributed by atoms with Crippen molar-refractivity contribution in [3.63, 3.8) is 0 Å². The van der Waals surface area contributed by atoms with Crippen molar-refractivity contribution in [1.29, 1.82) is 0 Å². The second-order valence-corrected chi connectivity index (χ2v) is 7.32. The van der Waals surface area contributed by atoms with E-state index in [-0.39, 0.29) is 0 Å². The van der Waals surface area contributed by atoms with Crippen LogP contribution in [-0.2, 0) is 9.47 Å². The lowest BCUT2D eigenvalue weighted by molar-refractivity contribution is -0.119. The molecule has 6 heteroatoms. The van der Waals surface area contributed by atoms with Crippen LogP contribution in [0.3, 0.4) is 0 Å². The zero-order valence-corrected chi connectivity index (χ0v) is 19.2. The van der Waals surface area contributed by atoms with Crippen molar-refractivity contribution in [2.24, 2.45) is 0 Å². The average Bonchev–Trinajstić information content (AvgIpc) is 2.72. The molecule has 1 saturated carbocycles. The highest BCUT2D eigenvalue weighted by molar-refractivity contribution is 5.40. The molecule has 0 amide bonds. The SMILES string of the molecule is CC.CC.COC1CC(OC2CCN(c3ccnc(C#CC(C)(C)O)n3)CC2)C1. The van der Waals surface area contributed by atoms with Gasteiger partial charge in [0.1, 0.15) is 11.4 Å². The highest BCUT2D eigenvalue weighted by atomic mass is 16.5. The van der Waals surface area contributed by atoms with Crippen LogP contribution in [0, 0.1) is 11.8 Å². The van der Waals surface area contributed by atoms with E-state index in [1.54, 1.807) is 27.2 Å². The quantitative estimate of drug-likeness (QED) is 0.768. The molecule has 0 bridgehead atoms. The summed E-state index contributed by atoms with van der Waals surface area (Å²) in [6.07, 6.45) is 6.84. The minimum atomic E-state index is -1.04. The summed E-state index contributed by atoms with van der Waals surface area (Å²) in [4.78, 5) is 10.9. The molecule has 1 aliphatic carbocycles. The number of anilines is 1. The Hall–Kier alpha value is -1.68. The molecule has 0 spiro atoms. The number of piperidine rings is 1. The van der Waals surface area contributed by atoms with E-state index in [0.29, 0.717) is 24.1 Å². The predicted octanol–water partition coefficient (Wildman–Crippen LogP) is 3.81. The lowest BCUT2D eigenvalue weighted by Gasteiger charge is -2.39. The third-order valence-electron chi connectivity index (χ3n) is 4.66. The first kappa shape index (κ1) is 25.4. The molecule has 0 unspecified atom stereocenters. The molecule has 2 aliphatic rings. The number of hydrogen-bond donors (Lipinski definition) is 1. The lowest BCUT2D eigenvalue weighted by Crippen LogP contribution is -2.43. The van der Waals surface area contributed by atoms with Crippen molar-refractivity contribution < 1.29 is 14.6 Å². The molecule has 1 saturated heterocycles. The van der Waals surface area contributed by atoms with Crippen molar-refractivity contribution in [3.8, 4) is 11.8 Å².